The molecule has 0 fully saturated rings. The molecule has 0 unspecified atom stereocenters. The van der Waals surface area contributed by atoms with E-state index >= 15 is 0 Å². The lowest BCUT2D eigenvalue weighted by Crippen LogP contribution is -1.96. The topological polar surface area (TPSA) is 54.5 Å². The third kappa shape index (κ3) is 2.90. The van der Waals surface area contributed by atoms with Crippen molar-refractivity contribution in [3.05, 3.63) is 89.8 Å². The van der Waals surface area contributed by atoms with Crippen molar-refractivity contribution in [1.82, 2.24) is 19.9 Å². The van der Waals surface area contributed by atoms with Crippen molar-refractivity contribution in [1.29, 1.82) is 0 Å². The van der Waals surface area contributed by atoms with Gasteiger partial charge in [0.25, 0.3) is 0 Å². The van der Waals surface area contributed by atoms with Gasteiger partial charge >= 0.3 is 0 Å². The number of nitrogens with one attached hydrogen (secondary N) is 1. The van der Waals surface area contributed by atoms with Gasteiger partial charge in [0.15, 0.2) is 0 Å². The monoisotopic (exact) mass is 340 g/mol. The predicted molar refractivity (Wildman–Crippen MR) is 104 cm³/mol. The van der Waals surface area contributed by atoms with E-state index in [0.717, 1.165) is 12.2 Å². The number of hydrogen-bond donors (Lipinski definition) is 1. The summed E-state index contributed by atoms with van der Waals surface area (Å²) in [6.45, 7) is 4.37. The number of fused-ring (bicyclic) bond motifs is 3. The quantitative estimate of drug-likeness (QED) is 0.479. The first kappa shape index (κ1) is 16.2. The van der Waals surface area contributed by atoms with E-state index in [9.17, 15) is 0 Å². The molecule has 4 aromatic rings. The van der Waals surface area contributed by atoms with Crippen LogP contribution in [0.4, 0.5) is 0 Å². The average Bonchev–Trinajstić information content (AvgIpc) is 3.33. The number of imidazole rings is 1. The number of rotatable bonds is 1. The molecule has 0 aliphatic heterocycles. The summed E-state index contributed by atoms with van der Waals surface area (Å²) >= 11 is 0. The van der Waals surface area contributed by atoms with E-state index in [1.165, 1.54) is 38.9 Å². The summed E-state index contributed by atoms with van der Waals surface area (Å²) in [5.74, 6) is 0.982. The van der Waals surface area contributed by atoms with Gasteiger partial charge in [0.2, 0.25) is 0 Å². The van der Waals surface area contributed by atoms with Crippen LogP contribution in [0.25, 0.3) is 22.5 Å². The second-order valence-electron chi connectivity index (χ2n) is 6.39. The van der Waals surface area contributed by atoms with Gasteiger partial charge in [-0.1, -0.05) is 30.3 Å². The maximum absolute atomic E-state index is 4.47. The summed E-state index contributed by atoms with van der Waals surface area (Å²) in [6.07, 6.45) is 11.3. The standard InChI is InChI=1S/C18H16N2.C4H4N2/c1-11-9-15-14-6-4-3-5-13(14)10-16(15)17(12(11)2)18-19-7-8-20-18;1-2-6-4-3-5-1/h3-9H,10H2,1-2H3,(H,19,20);1-4H. The second-order valence-corrected chi connectivity index (χ2v) is 6.39. The number of H-pyrrole nitrogens is 1. The summed E-state index contributed by atoms with van der Waals surface area (Å²) in [4.78, 5) is 15.2. The highest BCUT2D eigenvalue weighted by Crippen LogP contribution is 2.43. The first-order valence-electron chi connectivity index (χ1n) is 8.67. The van der Waals surface area contributed by atoms with Gasteiger partial charge in [-0.3, -0.25) is 9.97 Å². The van der Waals surface area contributed by atoms with Crippen molar-refractivity contribution in [2.75, 3.05) is 0 Å². The van der Waals surface area contributed by atoms with Crippen LogP contribution in [0.5, 0.6) is 0 Å². The fourth-order valence-corrected chi connectivity index (χ4v) is 3.50. The molecule has 0 saturated heterocycles. The molecule has 2 aromatic carbocycles. The van der Waals surface area contributed by atoms with Gasteiger partial charge in [-0.05, 0) is 53.6 Å². The van der Waals surface area contributed by atoms with Crippen LogP contribution >= 0.6 is 0 Å². The van der Waals surface area contributed by atoms with Gasteiger partial charge in [-0.25, -0.2) is 4.98 Å². The summed E-state index contributed by atoms with van der Waals surface area (Å²) < 4.78 is 0. The van der Waals surface area contributed by atoms with E-state index in [2.05, 4.69) is 64.1 Å². The third-order valence-electron chi connectivity index (χ3n) is 4.84. The minimum Gasteiger partial charge on any atom is -0.345 e. The van der Waals surface area contributed by atoms with Crippen molar-refractivity contribution < 1.29 is 0 Å². The van der Waals surface area contributed by atoms with Crippen molar-refractivity contribution >= 4 is 0 Å². The molecular formula is C22H20N4. The minimum atomic E-state index is 0.982. The molecule has 26 heavy (non-hydrogen) atoms. The first-order valence-corrected chi connectivity index (χ1v) is 8.67. The maximum atomic E-state index is 4.47. The Hall–Kier alpha value is -3.27. The molecule has 1 N–H and O–H groups in total. The second kappa shape index (κ2) is 6.92. The fourth-order valence-electron chi connectivity index (χ4n) is 3.50. The van der Waals surface area contributed by atoms with Crippen LogP contribution in [0, 0.1) is 13.8 Å². The average molecular weight is 340 g/mol. The normalized spacial score (nSPS) is 11.3. The maximum Gasteiger partial charge on any atom is 0.137 e. The number of hydrogen-bond acceptors (Lipinski definition) is 3. The molecule has 4 heteroatoms. The zero-order valence-electron chi connectivity index (χ0n) is 14.9. The molecule has 0 spiro atoms. The van der Waals surface area contributed by atoms with Gasteiger partial charge in [-0.2, -0.15) is 0 Å². The van der Waals surface area contributed by atoms with E-state index in [0.29, 0.717) is 0 Å². The third-order valence-corrected chi connectivity index (χ3v) is 4.84. The van der Waals surface area contributed by atoms with Crippen LogP contribution in [0.15, 0.2) is 67.5 Å². The molecule has 4 nitrogen and oxygen atoms in total. The van der Waals surface area contributed by atoms with E-state index in [1.807, 2.05) is 12.4 Å². The number of aromatic nitrogens is 4. The Morgan fingerprint density at radius 3 is 2.27 bits per heavy atom. The Labute approximate surface area is 153 Å². The van der Waals surface area contributed by atoms with Crippen LogP contribution in [-0.4, -0.2) is 19.9 Å². The van der Waals surface area contributed by atoms with Crippen molar-refractivity contribution in [3.8, 4) is 22.5 Å². The zero-order chi connectivity index (χ0) is 17.9. The molecule has 128 valence electrons. The molecule has 0 amide bonds. The van der Waals surface area contributed by atoms with Crippen molar-refractivity contribution in [3.63, 3.8) is 0 Å². The molecule has 0 saturated carbocycles. The van der Waals surface area contributed by atoms with Gasteiger partial charge in [0.05, 0.1) is 0 Å². The molecule has 0 radical (unpaired) electrons. The highest BCUT2D eigenvalue weighted by molar-refractivity contribution is 5.85. The fraction of sp³-hybridized carbons (Fsp3) is 0.136. The van der Waals surface area contributed by atoms with Crippen LogP contribution in [0.2, 0.25) is 0 Å². The van der Waals surface area contributed by atoms with Gasteiger partial charge in [0.1, 0.15) is 5.82 Å². The van der Waals surface area contributed by atoms with Gasteiger partial charge < -0.3 is 4.98 Å². The van der Waals surface area contributed by atoms with E-state index in [1.54, 1.807) is 24.8 Å². The summed E-state index contributed by atoms with van der Waals surface area (Å²) in [6, 6.07) is 11.0. The molecule has 1 aliphatic rings. The first-order chi connectivity index (χ1) is 12.8. The lowest BCUT2D eigenvalue weighted by atomic mass is 9.92. The number of nitrogens with zero attached hydrogens (tertiary/aromatic N) is 3. The Kier molecular flexibility index (Phi) is 4.32. The summed E-state index contributed by atoms with van der Waals surface area (Å²) in [5.41, 5.74) is 9.50. The van der Waals surface area contributed by atoms with Crippen LogP contribution < -0.4 is 0 Å². The van der Waals surface area contributed by atoms with Crippen molar-refractivity contribution in [2.45, 2.75) is 20.3 Å². The van der Waals surface area contributed by atoms with E-state index in [-0.39, 0.29) is 0 Å². The van der Waals surface area contributed by atoms with E-state index < -0.39 is 0 Å². The Morgan fingerprint density at radius 2 is 1.62 bits per heavy atom. The highest BCUT2D eigenvalue weighted by atomic mass is 14.9. The van der Waals surface area contributed by atoms with Crippen molar-refractivity contribution in [2.24, 2.45) is 0 Å². The Morgan fingerprint density at radius 1 is 0.885 bits per heavy atom. The molecule has 0 bridgehead atoms. The molecule has 2 heterocycles. The van der Waals surface area contributed by atoms with Crippen LogP contribution in [0.3, 0.4) is 0 Å². The summed E-state index contributed by atoms with van der Waals surface area (Å²) in [5, 5.41) is 0. The minimum absolute atomic E-state index is 0.982. The Balaban J connectivity index is 0.000000240. The smallest absolute Gasteiger partial charge is 0.137 e. The summed E-state index contributed by atoms with van der Waals surface area (Å²) in [7, 11) is 0. The van der Waals surface area contributed by atoms with Gasteiger partial charge in [0, 0.05) is 42.7 Å². The van der Waals surface area contributed by atoms with E-state index in [4.69, 9.17) is 0 Å². The number of aryl methyl sites for hydroxylation is 1. The largest absolute Gasteiger partial charge is 0.345 e. The molecular weight excluding hydrogens is 320 g/mol. The van der Waals surface area contributed by atoms with Gasteiger partial charge in [-0.15, -0.1) is 0 Å². The number of aromatic amines is 1. The zero-order valence-corrected chi connectivity index (χ0v) is 14.9. The Bertz CT molecular complexity index is 995. The molecule has 0 atom stereocenters. The lowest BCUT2D eigenvalue weighted by molar-refractivity contribution is 1.19. The SMILES string of the molecule is Cc1cc2c(c(-c3ncc[nH]3)c1C)Cc1ccccc1-2.c1cnccn1. The molecule has 5 rings (SSSR count). The highest BCUT2D eigenvalue weighted by Gasteiger charge is 2.24. The van der Waals surface area contributed by atoms with Crippen LogP contribution in [0.1, 0.15) is 22.3 Å². The lowest BCUT2D eigenvalue weighted by Gasteiger charge is -2.13. The predicted octanol–water partition coefficient (Wildman–Crippen LogP) is 4.74. The molecule has 1 aliphatic carbocycles. The number of benzene rings is 2. The van der Waals surface area contributed by atoms with Crippen LogP contribution in [-0.2, 0) is 6.42 Å². The molecule has 2 aromatic heterocycles.